The van der Waals surface area contributed by atoms with Crippen LogP contribution >= 0.6 is 0 Å². The highest BCUT2D eigenvalue weighted by atomic mass is 16.5. The van der Waals surface area contributed by atoms with Gasteiger partial charge >= 0.3 is 12.0 Å². The van der Waals surface area contributed by atoms with Crippen molar-refractivity contribution < 1.29 is 19.4 Å². The first kappa shape index (κ1) is 15.1. The van der Waals surface area contributed by atoms with E-state index in [2.05, 4.69) is 10.6 Å². The topological polar surface area (TPSA) is 87.7 Å². The van der Waals surface area contributed by atoms with Gasteiger partial charge in [-0.2, -0.15) is 0 Å². The van der Waals surface area contributed by atoms with Crippen molar-refractivity contribution in [2.24, 2.45) is 11.8 Å². The first-order valence-corrected chi connectivity index (χ1v) is 7.51. The summed E-state index contributed by atoms with van der Waals surface area (Å²) in [6.07, 6.45) is 5.79. The summed E-state index contributed by atoms with van der Waals surface area (Å²) in [4.78, 5) is 22.8. The monoisotopic (exact) mass is 284 g/mol. The fourth-order valence-electron chi connectivity index (χ4n) is 2.59. The number of carboxylic acids is 1. The zero-order valence-electron chi connectivity index (χ0n) is 11.8. The van der Waals surface area contributed by atoms with E-state index in [0.717, 1.165) is 31.8 Å². The molecular weight excluding hydrogens is 260 g/mol. The number of ether oxygens (including phenoxy) is 1. The zero-order valence-corrected chi connectivity index (χ0v) is 11.8. The van der Waals surface area contributed by atoms with Gasteiger partial charge in [-0.15, -0.1) is 0 Å². The number of rotatable bonds is 7. The summed E-state index contributed by atoms with van der Waals surface area (Å²) in [5.74, 6) is -0.550. The Bertz CT molecular complexity index is 344. The molecule has 20 heavy (non-hydrogen) atoms. The third-order valence-corrected chi connectivity index (χ3v) is 3.98. The molecule has 0 aromatic carbocycles. The van der Waals surface area contributed by atoms with Crippen LogP contribution in [-0.4, -0.2) is 42.9 Å². The number of hydrogen-bond acceptors (Lipinski definition) is 3. The maximum Gasteiger partial charge on any atom is 0.315 e. The number of carboxylic acid groups (broad SMARTS) is 1. The molecule has 2 unspecified atom stereocenters. The first-order valence-electron chi connectivity index (χ1n) is 7.51. The molecular formula is C14H24N2O4. The van der Waals surface area contributed by atoms with Gasteiger partial charge in [0.1, 0.15) is 0 Å². The Balaban J connectivity index is 1.60. The Kier molecular flexibility index (Phi) is 5.64. The molecule has 0 saturated heterocycles. The molecule has 0 aliphatic heterocycles. The van der Waals surface area contributed by atoms with Crippen LogP contribution in [0.1, 0.15) is 38.5 Å². The molecule has 2 saturated carbocycles. The first-order chi connectivity index (χ1) is 9.66. The maximum absolute atomic E-state index is 11.7. The van der Waals surface area contributed by atoms with Crippen molar-refractivity contribution in [1.82, 2.24) is 10.6 Å². The summed E-state index contributed by atoms with van der Waals surface area (Å²) < 4.78 is 5.42. The molecule has 0 spiro atoms. The lowest BCUT2D eigenvalue weighted by Gasteiger charge is -2.29. The molecule has 6 heteroatoms. The largest absolute Gasteiger partial charge is 0.481 e. The van der Waals surface area contributed by atoms with E-state index in [-0.39, 0.29) is 12.1 Å². The minimum atomic E-state index is -0.817. The molecule has 0 radical (unpaired) electrons. The van der Waals surface area contributed by atoms with Crippen LogP contribution in [0.2, 0.25) is 0 Å². The number of nitrogens with one attached hydrogen (secondary N) is 2. The van der Waals surface area contributed by atoms with Gasteiger partial charge in [-0.05, 0) is 31.6 Å². The van der Waals surface area contributed by atoms with Crippen LogP contribution in [-0.2, 0) is 9.53 Å². The van der Waals surface area contributed by atoms with Crippen LogP contribution in [0.5, 0.6) is 0 Å². The summed E-state index contributed by atoms with van der Waals surface area (Å²) in [7, 11) is 0. The Morgan fingerprint density at radius 1 is 1.15 bits per heavy atom. The predicted molar refractivity (Wildman–Crippen MR) is 73.5 cm³/mol. The number of urea groups is 1. The van der Waals surface area contributed by atoms with Crippen molar-refractivity contribution in [3.8, 4) is 0 Å². The molecule has 2 aliphatic rings. The van der Waals surface area contributed by atoms with Crippen LogP contribution in [0.3, 0.4) is 0 Å². The minimum Gasteiger partial charge on any atom is -0.481 e. The lowest BCUT2D eigenvalue weighted by Crippen LogP contribution is -2.49. The fourth-order valence-corrected chi connectivity index (χ4v) is 2.59. The van der Waals surface area contributed by atoms with Crippen LogP contribution in [0.25, 0.3) is 0 Å². The maximum atomic E-state index is 11.7. The van der Waals surface area contributed by atoms with Crippen LogP contribution in [0, 0.1) is 11.8 Å². The van der Waals surface area contributed by atoms with Gasteiger partial charge in [0.05, 0.1) is 12.5 Å². The average Bonchev–Trinajstić information content (AvgIpc) is 3.23. The molecule has 3 N–H and O–H groups in total. The highest BCUT2D eigenvalue weighted by molar-refractivity contribution is 5.76. The summed E-state index contributed by atoms with van der Waals surface area (Å²) in [5.41, 5.74) is 0. The molecule has 6 nitrogen and oxygen atoms in total. The summed E-state index contributed by atoms with van der Waals surface area (Å²) in [6, 6.07) is -0.549. The number of hydrogen-bond donors (Lipinski definition) is 3. The number of carbonyl (C=O) groups is 2. The molecule has 2 atom stereocenters. The molecule has 0 aromatic rings. The molecule has 2 aliphatic carbocycles. The van der Waals surface area contributed by atoms with Crippen molar-refractivity contribution in [2.45, 2.75) is 44.6 Å². The number of amides is 2. The lowest BCUT2D eigenvalue weighted by molar-refractivity contribution is -0.143. The normalized spacial score (nSPS) is 26.0. The standard InChI is InChI=1S/C14H24N2O4/c17-13(18)11-3-1-2-4-12(11)16-14(19)15-7-8-20-9-10-5-6-10/h10-12H,1-9H2,(H,17,18)(H2,15,16,19). The third-order valence-electron chi connectivity index (χ3n) is 3.98. The van der Waals surface area contributed by atoms with E-state index in [1.54, 1.807) is 0 Å². The van der Waals surface area contributed by atoms with Crippen LogP contribution in [0.4, 0.5) is 4.79 Å². The number of aliphatic carboxylic acids is 1. The average molecular weight is 284 g/mol. The van der Waals surface area contributed by atoms with Crippen LogP contribution < -0.4 is 10.6 Å². The Morgan fingerprint density at radius 3 is 2.60 bits per heavy atom. The van der Waals surface area contributed by atoms with E-state index in [0.29, 0.717) is 19.6 Å². The highest BCUT2D eigenvalue weighted by Crippen LogP contribution is 2.28. The zero-order chi connectivity index (χ0) is 14.4. The van der Waals surface area contributed by atoms with E-state index in [9.17, 15) is 9.59 Å². The lowest BCUT2D eigenvalue weighted by atomic mass is 9.84. The van der Waals surface area contributed by atoms with Gasteiger partial charge in [0, 0.05) is 19.2 Å². The van der Waals surface area contributed by atoms with Gasteiger partial charge in [0.2, 0.25) is 0 Å². The van der Waals surface area contributed by atoms with Gasteiger partial charge < -0.3 is 20.5 Å². The second kappa shape index (κ2) is 7.47. The van der Waals surface area contributed by atoms with E-state index < -0.39 is 11.9 Å². The molecule has 0 heterocycles. The third kappa shape index (κ3) is 5.00. The summed E-state index contributed by atoms with van der Waals surface area (Å²) in [6.45, 7) is 1.76. The second-order valence-corrected chi connectivity index (χ2v) is 5.75. The Morgan fingerprint density at radius 2 is 1.90 bits per heavy atom. The summed E-state index contributed by atoms with van der Waals surface area (Å²) in [5, 5.41) is 14.6. The van der Waals surface area contributed by atoms with E-state index >= 15 is 0 Å². The fraction of sp³-hybridized carbons (Fsp3) is 0.857. The Labute approximate surface area is 119 Å². The van der Waals surface area contributed by atoms with Gasteiger partial charge in [-0.3, -0.25) is 4.79 Å². The second-order valence-electron chi connectivity index (χ2n) is 5.75. The van der Waals surface area contributed by atoms with Crippen molar-refractivity contribution in [3.05, 3.63) is 0 Å². The molecule has 2 amide bonds. The molecule has 2 fully saturated rings. The molecule has 114 valence electrons. The van der Waals surface area contributed by atoms with Gasteiger partial charge in [0.25, 0.3) is 0 Å². The van der Waals surface area contributed by atoms with Gasteiger partial charge in [0.15, 0.2) is 0 Å². The molecule has 2 rings (SSSR count). The predicted octanol–water partition coefficient (Wildman–Crippen LogP) is 1.36. The smallest absolute Gasteiger partial charge is 0.315 e. The molecule has 0 bridgehead atoms. The van der Waals surface area contributed by atoms with Gasteiger partial charge in [-0.25, -0.2) is 4.79 Å². The van der Waals surface area contributed by atoms with Crippen molar-refractivity contribution in [3.63, 3.8) is 0 Å². The van der Waals surface area contributed by atoms with Crippen molar-refractivity contribution in [1.29, 1.82) is 0 Å². The Hall–Kier alpha value is -1.30. The van der Waals surface area contributed by atoms with Crippen molar-refractivity contribution >= 4 is 12.0 Å². The highest BCUT2D eigenvalue weighted by Gasteiger charge is 2.31. The SMILES string of the molecule is O=C(NCCOCC1CC1)NC1CCCCC1C(=O)O. The van der Waals surface area contributed by atoms with E-state index in [4.69, 9.17) is 9.84 Å². The summed E-state index contributed by atoms with van der Waals surface area (Å²) >= 11 is 0. The minimum absolute atomic E-state index is 0.256. The molecule has 0 aromatic heterocycles. The van der Waals surface area contributed by atoms with Gasteiger partial charge in [-0.1, -0.05) is 12.8 Å². The van der Waals surface area contributed by atoms with E-state index in [1.807, 2.05) is 0 Å². The van der Waals surface area contributed by atoms with E-state index in [1.165, 1.54) is 12.8 Å². The van der Waals surface area contributed by atoms with Crippen LogP contribution in [0.15, 0.2) is 0 Å². The van der Waals surface area contributed by atoms with Crippen molar-refractivity contribution in [2.75, 3.05) is 19.8 Å². The quantitative estimate of drug-likeness (QED) is 0.616. The number of carbonyl (C=O) groups excluding carboxylic acids is 1.